The Hall–Kier alpha value is -3.09. The zero-order valence-corrected chi connectivity index (χ0v) is 11.9. The van der Waals surface area contributed by atoms with Gasteiger partial charge in [0.15, 0.2) is 5.82 Å². The van der Waals surface area contributed by atoms with Gasteiger partial charge >= 0.3 is 0 Å². The van der Waals surface area contributed by atoms with Crippen LogP contribution >= 0.6 is 0 Å². The Morgan fingerprint density at radius 2 is 2.09 bits per heavy atom. The average molecular weight is 294 g/mol. The van der Waals surface area contributed by atoms with Gasteiger partial charge in [0.05, 0.1) is 6.42 Å². The molecular formula is C15H14N6O. The van der Waals surface area contributed by atoms with Crippen molar-refractivity contribution in [2.45, 2.75) is 13.3 Å². The number of carbonyl (C=O) groups excluding carboxylic acids is 1. The van der Waals surface area contributed by atoms with Crippen molar-refractivity contribution < 1.29 is 4.79 Å². The quantitative estimate of drug-likeness (QED) is 0.764. The summed E-state index contributed by atoms with van der Waals surface area (Å²) in [5, 5.41) is 10.5. The molecule has 0 bridgehead atoms. The number of rotatable bonds is 4. The number of aryl methyl sites for hydroxylation is 1. The molecule has 22 heavy (non-hydrogen) atoms. The molecule has 3 rings (SSSR count). The molecule has 3 heterocycles. The molecule has 0 spiro atoms. The molecule has 7 heteroatoms. The summed E-state index contributed by atoms with van der Waals surface area (Å²) in [4.78, 5) is 23.2. The fourth-order valence-electron chi connectivity index (χ4n) is 1.90. The van der Waals surface area contributed by atoms with Gasteiger partial charge in [0.25, 0.3) is 0 Å². The van der Waals surface area contributed by atoms with Gasteiger partial charge in [-0.25, -0.2) is 0 Å². The SMILES string of the molecule is Cc1ccc(CC(=O)Nc2nnc(-c3ccccn3)[nH]2)cn1. The fraction of sp³-hybridized carbons (Fsp3) is 0.133. The number of hydrogen-bond donors (Lipinski definition) is 2. The number of hydrogen-bond acceptors (Lipinski definition) is 5. The van der Waals surface area contributed by atoms with E-state index in [1.807, 2.05) is 37.3 Å². The number of amides is 1. The molecule has 0 saturated heterocycles. The summed E-state index contributed by atoms with van der Waals surface area (Å²) in [6, 6.07) is 9.23. The van der Waals surface area contributed by atoms with E-state index in [0.717, 1.165) is 11.3 Å². The number of nitrogens with one attached hydrogen (secondary N) is 2. The molecule has 0 atom stereocenters. The fourth-order valence-corrected chi connectivity index (χ4v) is 1.90. The van der Waals surface area contributed by atoms with Crippen LogP contribution in [0.5, 0.6) is 0 Å². The molecule has 0 saturated carbocycles. The molecule has 0 aliphatic rings. The number of nitrogens with zero attached hydrogens (tertiary/aromatic N) is 4. The van der Waals surface area contributed by atoms with Crippen molar-refractivity contribution in [3.63, 3.8) is 0 Å². The molecule has 0 aromatic carbocycles. The maximum absolute atomic E-state index is 12.0. The number of pyridine rings is 2. The minimum Gasteiger partial charge on any atom is -0.306 e. The number of carbonyl (C=O) groups is 1. The lowest BCUT2D eigenvalue weighted by atomic mass is 10.2. The van der Waals surface area contributed by atoms with E-state index < -0.39 is 0 Å². The van der Waals surface area contributed by atoms with Crippen LogP contribution in [0.2, 0.25) is 0 Å². The van der Waals surface area contributed by atoms with Crippen molar-refractivity contribution in [1.82, 2.24) is 25.1 Å². The number of aromatic nitrogens is 5. The number of anilines is 1. The highest BCUT2D eigenvalue weighted by Gasteiger charge is 2.09. The summed E-state index contributed by atoms with van der Waals surface area (Å²) >= 11 is 0. The van der Waals surface area contributed by atoms with Gasteiger partial charge in [0.1, 0.15) is 5.69 Å². The lowest BCUT2D eigenvalue weighted by Crippen LogP contribution is -2.15. The highest BCUT2D eigenvalue weighted by molar-refractivity contribution is 5.90. The summed E-state index contributed by atoms with van der Waals surface area (Å²) in [6.45, 7) is 1.90. The van der Waals surface area contributed by atoms with Crippen LogP contribution in [0.15, 0.2) is 42.7 Å². The Kier molecular flexibility index (Phi) is 3.86. The van der Waals surface area contributed by atoms with Crippen LogP contribution in [0.25, 0.3) is 11.5 Å². The van der Waals surface area contributed by atoms with Gasteiger partial charge < -0.3 is 4.98 Å². The van der Waals surface area contributed by atoms with E-state index in [4.69, 9.17) is 0 Å². The third-order valence-corrected chi connectivity index (χ3v) is 2.99. The third-order valence-electron chi connectivity index (χ3n) is 2.99. The van der Waals surface area contributed by atoms with Gasteiger partial charge in [0.2, 0.25) is 11.9 Å². The Labute approximate surface area is 126 Å². The number of aromatic amines is 1. The smallest absolute Gasteiger partial charge is 0.231 e. The van der Waals surface area contributed by atoms with Crippen molar-refractivity contribution in [3.05, 3.63) is 54.0 Å². The molecule has 7 nitrogen and oxygen atoms in total. The lowest BCUT2D eigenvalue weighted by molar-refractivity contribution is -0.115. The summed E-state index contributed by atoms with van der Waals surface area (Å²) < 4.78 is 0. The molecular weight excluding hydrogens is 280 g/mol. The molecule has 110 valence electrons. The molecule has 1 amide bonds. The van der Waals surface area contributed by atoms with Gasteiger partial charge in [-0.1, -0.05) is 12.1 Å². The first kappa shape index (κ1) is 13.9. The van der Waals surface area contributed by atoms with E-state index in [1.165, 1.54) is 0 Å². The topological polar surface area (TPSA) is 96.5 Å². The monoisotopic (exact) mass is 294 g/mol. The van der Waals surface area contributed by atoms with Gasteiger partial charge in [0, 0.05) is 18.1 Å². The van der Waals surface area contributed by atoms with E-state index in [9.17, 15) is 4.79 Å². The normalized spacial score (nSPS) is 10.4. The zero-order valence-electron chi connectivity index (χ0n) is 11.9. The van der Waals surface area contributed by atoms with Crippen molar-refractivity contribution >= 4 is 11.9 Å². The first-order valence-electron chi connectivity index (χ1n) is 6.76. The lowest BCUT2D eigenvalue weighted by Gasteiger charge is -2.01. The Bertz CT molecular complexity index is 766. The predicted octanol–water partition coefficient (Wildman–Crippen LogP) is 1.75. The zero-order chi connectivity index (χ0) is 15.4. The molecule has 2 N–H and O–H groups in total. The van der Waals surface area contributed by atoms with Crippen LogP contribution < -0.4 is 5.32 Å². The van der Waals surface area contributed by atoms with Crippen molar-refractivity contribution in [2.24, 2.45) is 0 Å². The van der Waals surface area contributed by atoms with Crippen molar-refractivity contribution in [1.29, 1.82) is 0 Å². The maximum Gasteiger partial charge on any atom is 0.231 e. The second kappa shape index (κ2) is 6.13. The van der Waals surface area contributed by atoms with Gasteiger partial charge in [-0.2, -0.15) is 0 Å². The highest BCUT2D eigenvalue weighted by Crippen LogP contribution is 2.12. The van der Waals surface area contributed by atoms with Crippen LogP contribution in [-0.4, -0.2) is 31.1 Å². The predicted molar refractivity (Wildman–Crippen MR) is 80.9 cm³/mol. The van der Waals surface area contributed by atoms with Crippen LogP contribution in [0.4, 0.5) is 5.95 Å². The molecule has 0 aliphatic heterocycles. The van der Waals surface area contributed by atoms with E-state index >= 15 is 0 Å². The molecule has 3 aromatic rings. The first-order valence-corrected chi connectivity index (χ1v) is 6.76. The molecule has 0 unspecified atom stereocenters. The van der Waals surface area contributed by atoms with Gasteiger partial charge in [-0.3, -0.25) is 20.1 Å². The second-order valence-electron chi connectivity index (χ2n) is 4.77. The summed E-state index contributed by atoms with van der Waals surface area (Å²) in [5.74, 6) is 0.619. The second-order valence-corrected chi connectivity index (χ2v) is 4.77. The van der Waals surface area contributed by atoms with Crippen LogP contribution in [0.1, 0.15) is 11.3 Å². The minimum absolute atomic E-state index is 0.186. The summed E-state index contributed by atoms with van der Waals surface area (Å²) in [7, 11) is 0. The summed E-state index contributed by atoms with van der Waals surface area (Å²) in [5.41, 5.74) is 2.42. The van der Waals surface area contributed by atoms with E-state index in [0.29, 0.717) is 17.5 Å². The maximum atomic E-state index is 12.0. The molecule has 0 radical (unpaired) electrons. The van der Waals surface area contributed by atoms with Crippen LogP contribution in [0, 0.1) is 6.92 Å². The van der Waals surface area contributed by atoms with Gasteiger partial charge in [-0.15, -0.1) is 10.2 Å². The number of H-pyrrole nitrogens is 1. The summed E-state index contributed by atoms with van der Waals surface area (Å²) in [6.07, 6.45) is 3.59. The average Bonchev–Trinajstić information content (AvgIpc) is 2.99. The van der Waals surface area contributed by atoms with E-state index in [2.05, 4.69) is 30.5 Å². The minimum atomic E-state index is -0.186. The standard InChI is InChI=1S/C15H14N6O/c1-10-5-6-11(9-17-10)8-13(22)18-15-19-14(20-21-15)12-4-2-3-7-16-12/h2-7,9H,8H2,1H3,(H2,18,19,20,21,22). The Morgan fingerprint density at radius 3 is 2.82 bits per heavy atom. The van der Waals surface area contributed by atoms with E-state index in [-0.39, 0.29) is 12.3 Å². The highest BCUT2D eigenvalue weighted by atomic mass is 16.1. The molecule has 0 aliphatic carbocycles. The van der Waals surface area contributed by atoms with Crippen molar-refractivity contribution in [3.8, 4) is 11.5 Å². The largest absolute Gasteiger partial charge is 0.306 e. The third kappa shape index (κ3) is 3.32. The van der Waals surface area contributed by atoms with Gasteiger partial charge in [-0.05, 0) is 30.7 Å². The van der Waals surface area contributed by atoms with Crippen LogP contribution in [0.3, 0.4) is 0 Å². The molecule has 0 fully saturated rings. The van der Waals surface area contributed by atoms with E-state index in [1.54, 1.807) is 12.4 Å². The molecule has 3 aromatic heterocycles. The first-order chi connectivity index (χ1) is 10.7. The Balaban J connectivity index is 1.65. The van der Waals surface area contributed by atoms with Crippen LogP contribution in [-0.2, 0) is 11.2 Å². The Morgan fingerprint density at radius 1 is 1.18 bits per heavy atom. The van der Waals surface area contributed by atoms with Crippen molar-refractivity contribution in [2.75, 3.05) is 5.32 Å².